The molecule has 0 amide bonds. The van der Waals surface area contributed by atoms with Crippen molar-refractivity contribution in [2.24, 2.45) is 0 Å². The van der Waals surface area contributed by atoms with Gasteiger partial charge in [0.1, 0.15) is 0 Å². The average molecular weight is 381 g/mol. The highest BCUT2D eigenvalue weighted by Gasteiger charge is 2.48. The molecule has 0 unspecified atom stereocenters. The number of aromatic amines is 1. The van der Waals surface area contributed by atoms with Crippen molar-refractivity contribution in [3.63, 3.8) is 0 Å². The monoisotopic (exact) mass is 381 g/mol. The Hall–Kier alpha value is -2.70. The molecule has 2 aromatic heterocycles. The lowest BCUT2D eigenvalue weighted by molar-refractivity contribution is -0.0875. The lowest BCUT2D eigenvalue weighted by Gasteiger charge is -2.36. The number of aryl methyl sites for hydroxylation is 1. The van der Waals surface area contributed by atoms with Crippen LogP contribution in [-0.2, 0) is 12.8 Å². The van der Waals surface area contributed by atoms with Gasteiger partial charge in [0.2, 0.25) is 5.92 Å². The van der Waals surface area contributed by atoms with Crippen LogP contribution < -0.4 is 0 Å². The van der Waals surface area contributed by atoms with Gasteiger partial charge in [0.25, 0.3) is 0 Å². The van der Waals surface area contributed by atoms with Gasteiger partial charge in [0.15, 0.2) is 5.82 Å². The number of hydrogen-bond donors (Lipinski definition) is 1. The number of hydrogen-bond acceptors (Lipinski definition) is 4. The van der Waals surface area contributed by atoms with Crippen molar-refractivity contribution in [2.45, 2.75) is 56.8 Å². The van der Waals surface area contributed by atoms with Gasteiger partial charge in [-0.2, -0.15) is 0 Å². The Kier molecular flexibility index (Phi) is 4.18. The summed E-state index contributed by atoms with van der Waals surface area (Å²) in [6.45, 7) is 0. The summed E-state index contributed by atoms with van der Waals surface area (Å²) >= 11 is 0. The highest BCUT2D eigenvalue weighted by atomic mass is 19.3. The number of aromatic nitrogens is 5. The molecule has 0 atom stereocenters. The van der Waals surface area contributed by atoms with E-state index in [1.165, 1.54) is 5.56 Å². The Bertz CT molecular complexity index is 978. The third kappa shape index (κ3) is 2.99. The second-order valence-corrected chi connectivity index (χ2v) is 7.81. The quantitative estimate of drug-likeness (QED) is 0.667. The first kappa shape index (κ1) is 17.4. The van der Waals surface area contributed by atoms with Crippen LogP contribution in [0.3, 0.4) is 0 Å². The van der Waals surface area contributed by atoms with Gasteiger partial charge in [-0.25, -0.2) is 13.9 Å². The van der Waals surface area contributed by atoms with Crippen LogP contribution >= 0.6 is 0 Å². The van der Waals surface area contributed by atoms with Gasteiger partial charge in [-0.05, 0) is 52.8 Å². The summed E-state index contributed by atoms with van der Waals surface area (Å²) < 4.78 is 27.4. The van der Waals surface area contributed by atoms with E-state index in [2.05, 4.69) is 32.8 Å². The fraction of sp³-hybridized carbons (Fsp3) is 0.429. The van der Waals surface area contributed by atoms with Crippen molar-refractivity contribution in [3.8, 4) is 22.5 Å². The van der Waals surface area contributed by atoms with Crippen LogP contribution in [0.1, 0.15) is 55.0 Å². The molecule has 1 fully saturated rings. The van der Waals surface area contributed by atoms with Crippen molar-refractivity contribution < 1.29 is 8.78 Å². The van der Waals surface area contributed by atoms with Crippen molar-refractivity contribution >= 4 is 0 Å². The van der Waals surface area contributed by atoms with Crippen LogP contribution in [0.4, 0.5) is 8.78 Å². The fourth-order valence-corrected chi connectivity index (χ4v) is 4.52. The third-order valence-electron chi connectivity index (χ3n) is 5.87. The number of benzene rings is 1. The first-order valence-corrected chi connectivity index (χ1v) is 9.85. The van der Waals surface area contributed by atoms with E-state index in [9.17, 15) is 8.78 Å². The van der Waals surface area contributed by atoms with Crippen molar-refractivity contribution in [1.29, 1.82) is 0 Å². The second kappa shape index (κ2) is 6.72. The molecule has 5 rings (SSSR count). The van der Waals surface area contributed by atoms with Crippen LogP contribution in [-0.4, -0.2) is 31.5 Å². The molecular formula is C21H21F2N5. The molecule has 5 nitrogen and oxygen atoms in total. The molecule has 1 aromatic carbocycles. The first-order chi connectivity index (χ1) is 13.6. The standard InChI is InChI=1S/C21H21F2N5/c22-21(23)11-14(12-21)19-18(20-25-27-28-26-20)17(13-7-3-1-4-8-13)15-9-5-2-6-10-16(15)24-19/h1,3-4,7-8,14H,2,5-6,9-12H2,(H,25,26,27,28). The van der Waals surface area contributed by atoms with Crippen LogP contribution in [0, 0.1) is 0 Å². The molecular weight excluding hydrogens is 360 g/mol. The lowest BCUT2D eigenvalue weighted by atomic mass is 9.75. The van der Waals surface area contributed by atoms with Crippen LogP contribution in [0.25, 0.3) is 22.5 Å². The number of fused-ring (bicyclic) bond motifs is 1. The minimum atomic E-state index is -2.61. The van der Waals surface area contributed by atoms with Crippen molar-refractivity contribution in [1.82, 2.24) is 25.6 Å². The minimum absolute atomic E-state index is 0.165. The maximum atomic E-state index is 13.7. The van der Waals surface area contributed by atoms with E-state index in [-0.39, 0.29) is 18.8 Å². The van der Waals surface area contributed by atoms with Gasteiger partial charge in [0, 0.05) is 24.5 Å². The van der Waals surface area contributed by atoms with Crippen molar-refractivity contribution in [2.75, 3.05) is 0 Å². The zero-order valence-electron chi connectivity index (χ0n) is 15.5. The SMILES string of the molecule is FC1(F)CC(c2nc3c(c(-c4ccccc4)c2-c2nnn[nH]2)CCCCC3)C1. The summed E-state index contributed by atoms with van der Waals surface area (Å²) in [5.41, 5.74) is 5.88. The molecule has 144 valence electrons. The molecule has 3 aromatic rings. The predicted molar refractivity (Wildman–Crippen MR) is 101 cm³/mol. The highest BCUT2D eigenvalue weighted by Crippen LogP contribution is 2.52. The highest BCUT2D eigenvalue weighted by molar-refractivity contribution is 5.85. The normalized spacial score (nSPS) is 18.9. The first-order valence-electron chi connectivity index (χ1n) is 9.85. The summed E-state index contributed by atoms with van der Waals surface area (Å²) in [7, 11) is 0. The van der Waals surface area contributed by atoms with E-state index in [0.29, 0.717) is 11.5 Å². The lowest BCUT2D eigenvalue weighted by Crippen LogP contribution is -2.34. The molecule has 0 aliphatic heterocycles. The van der Waals surface area contributed by atoms with E-state index in [4.69, 9.17) is 4.98 Å². The van der Waals surface area contributed by atoms with Gasteiger partial charge < -0.3 is 0 Å². The summed E-state index contributed by atoms with van der Waals surface area (Å²) in [6, 6.07) is 10.1. The predicted octanol–water partition coefficient (Wildman–Crippen LogP) is 4.71. The fourth-order valence-electron chi connectivity index (χ4n) is 4.52. The zero-order chi connectivity index (χ0) is 19.1. The Morgan fingerprint density at radius 2 is 1.75 bits per heavy atom. The average Bonchev–Trinajstić information content (AvgIpc) is 3.10. The maximum Gasteiger partial charge on any atom is 0.249 e. The molecule has 2 aliphatic carbocycles. The molecule has 2 heterocycles. The number of H-pyrrole nitrogens is 1. The van der Waals surface area contributed by atoms with E-state index < -0.39 is 5.92 Å². The van der Waals surface area contributed by atoms with Gasteiger partial charge in [-0.3, -0.25) is 4.98 Å². The van der Waals surface area contributed by atoms with Crippen LogP contribution in [0.2, 0.25) is 0 Å². The minimum Gasteiger partial charge on any atom is -0.256 e. The largest absolute Gasteiger partial charge is 0.256 e. The Balaban J connectivity index is 1.79. The molecule has 0 spiro atoms. The van der Waals surface area contributed by atoms with Gasteiger partial charge in [-0.15, -0.1) is 5.10 Å². The number of rotatable bonds is 3. The third-order valence-corrected chi connectivity index (χ3v) is 5.87. The van der Waals surface area contributed by atoms with E-state index >= 15 is 0 Å². The smallest absolute Gasteiger partial charge is 0.249 e. The van der Waals surface area contributed by atoms with E-state index in [0.717, 1.165) is 54.5 Å². The second-order valence-electron chi connectivity index (χ2n) is 7.81. The number of pyridine rings is 1. The Morgan fingerprint density at radius 3 is 2.46 bits per heavy atom. The number of tetrazole rings is 1. The molecule has 0 bridgehead atoms. The number of alkyl halides is 2. The maximum absolute atomic E-state index is 13.7. The number of nitrogens with zero attached hydrogens (tertiary/aromatic N) is 4. The molecule has 1 saturated carbocycles. The Morgan fingerprint density at radius 1 is 0.964 bits per heavy atom. The molecule has 7 heteroatoms. The molecule has 1 N–H and O–H groups in total. The number of nitrogens with one attached hydrogen (secondary N) is 1. The van der Waals surface area contributed by atoms with Gasteiger partial charge >= 0.3 is 0 Å². The Labute approximate surface area is 161 Å². The zero-order valence-corrected chi connectivity index (χ0v) is 15.5. The van der Waals surface area contributed by atoms with E-state index in [1.807, 2.05) is 18.2 Å². The number of halogens is 2. The van der Waals surface area contributed by atoms with Crippen molar-refractivity contribution in [3.05, 3.63) is 47.3 Å². The van der Waals surface area contributed by atoms with Crippen LogP contribution in [0.15, 0.2) is 30.3 Å². The summed E-state index contributed by atoms with van der Waals surface area (Å²) in [4.78, 5) is 4.95. The van der Waals surface area contributed by atoms with Gasteiger partial charge in [-0.1, -0.05) is 36.8 Å². The summed E-state index contributed by atoms with van der Waals surface area (Å²) in [6.07, 6.45) is 4.83. The summed E-state index contributed by atoms with van der Waals surface area (Å²) in [5, 5.41) is 14.5. The van der Waals surface area contributed by atoms with E-state index in [1.54, 1.807) is 0 Å². The molecule has 2 aliphatic rings. The molecule has 0 saturated heterocycles. The molecule has 0 radical (unpaired) electrons. The molecule has 28 heavy (non-hydrogen) atoms. The van der Waals surface area contributed by atoms with Crippen LogP contribution in [0.5, 0.6) is 0 Å². The summed E-state index contributed by atoms with van der Waals surface area (Å²) in [5.74, 6) is -2.38. The topological polar surface area (TPSA) is 67.3 Å². The van der Waals surface area contributed by atoms with Gasteiger partial charge in [0.05, 0.1) is 11.3 Å².